The van der Waals surface area contributed by atoms with Crippen LogP contribution in [-0.2, 0) is 4.74 Å². The number of nitrogens with one attached hydrogen (secondary N) is 1. The molecular weight excluding hydrogens is 266 g/mol. The van der Waals surface area contributed by atoms with E-state index in [0.29, 0.717) is 19.8 Å². The van der Waals surface area contributed by atoms with E-state index in [2.05, 4.69) is 18.3 Å². The summed E-state index contributed by atoms with van der Waals surface area (Å²) in [7, 11) is 1.70. The van der Waals surface area contributed by atoms with Gasteiger partial charge in [-0.15, -0.1) is 0 Å². The third-order valence-corrected chi connectivity index (χ3v) is 3.42. The van der Waals surface area contributed by atoms with Crippen LogP contribution in [0.25, 0.3) is 0 Å². The molecule has 120 valence electrons. The van der Waals surface area contributed by atoms with E-state index in [0.717, 1.165) is 29.7 Å². The smallest absolute Gasteiger partial charge is 0.122 e. The molecule has 0 aromatic heterocycles. The Kier molecular flexibility index (Phi) is 8.35. The Morgan fingerprint density at radius 2 is 2.00 bits per heavy atom. The van der Waals surface area contributed by atoms with Gasteiger partial charge in [0.2, 0.25) is 0 Å². The molecular formula is C17H29NO3. The molecule has 0 bridgehead atoms. The predicted molar refractivity (Wildman–Crippen MR) is 86.0 cm³/mol. The summed E-state index contributed by atoms with van der Waals surface area (Å²) in [5.74, 6) is 0.844. The monoisotopic (exact) mass is 295 g/mol. The summed E-state index contributed by atoms with van der Waals surface area (Å²) in [6.07, 6.45) is 1.61. The van der Waals surface area contributed by atoms with E-state index in [4.69, 9.17) is 9.47 Å². The zero-order valence-corrected chi connectivity index (χ0v) is 13.7. The largest absolute Gasteiger partial charge is 0.491 e. The first-order valence-electron chi connectivity index (χ1n) is 7.67. The molecule has 0 radical (unpaired) electrons. The van der Waals surface area contributed by atoms with Crippen molar-refractivity contribution < 1.29 is 14.6 Å². The van der Waals surface area contributed by atoms with E-state index in [-0.39, 0.29) is 6.04 Å². The molecule has 2 unspecified atom stereocenters. The molecule has 1 rings (SSSR count). The zero-order chi connectivity index (χ0) is 15.7. The van der Waals surface area contributed by atoms with Crippen molar-refractivity contribution in [2.24, 2.45) is 0 Å². The standard InChI is InChI=1S/C17H29NO3/c1-5-6-15(11-20-4)18-10-16(19)12-21-17-9-13(2)7-8-14(17)3/h7-9,15-16,18-19H,5-6,10-12H2,1-4H3. The third-order valence-electron chi connectivity index (χ3n) is 3.42. The summed E-state index contributed by atoms with van der Waals surface area (Å²) >= 11 is 0. The number of hydrogen-bond donors (Lipinski definition) is 2. The minimum Gasteiger partial charge on any atom is -0.491 e. The number of rotatable bonds is 10. The molecule has 2 atom stereocenters. The van der Waals surface area contributed by atoms with Gasteiger partial charge in [-0.25, -0.2) is 0 Å². The minimum absolute atomic E-state index is 0.287. The van der Waals surface area contributed by atoms with Gasteiger partial charge in [0.1, 0.15) is 18.5 Å². The highest BCUT2D eigenvalue weighted by molar-refractivity contribution is 5.35. The number of ether oxygens (including phenoxy) is 2. The molecule has 4 heteroatoms. The van der Waals surface area contributed by atoms with Crippen LogP contribution in [-0.4, -0.2) is 44.1 Å². The Morgan fingerprint density at radius 3 is 2.67 bits per heavy atom. The summed E-state index contributed by atoms with van der Waals surface area (Å²) in [5, 5.41) is 13.4. The number of benzene rings is 1. The summed E-state index contributed by atoms with van der Waals surface area (Å²) < 4.78 is 10.9. The summed E-state index contributed by atoms with van der Waals surface area (Å²) in [5.41, 5.74) is 2.25. The summed E-state index contributed by atoms with van der Waals surface area (Å²) in [6.45, 7) is 7.66. The van der Waals surface area contributed by atoms with E-state index in [1.54, 1.807) is 7.11 Å². The fraction of sp³-hybridized carbons (Fsp3) is 0.647. The molecule has 0 aliphatic carbocycles. The molecule has 2 N–H and O–H groups in total. The highest BCUT2D eigenvalue weighted by Crippen LogP contribution is 2.19. The number of aryl methyl sites for hydroxylation is 2. The van der Waals surface area contributed by atoms with Gasteiger partial charge in [0.25, 0.3) is 0 Å². The lowest BCUT2D eigenvalue weighted by atomic mass is 10.1. The predicted octanol–water partition coefficient (Wildman–Crippen LogP) is 2.45. The van der Waals surface area contributed by atoms with Gasteiger partial charge >= 0.3 is 0 Å². The Balaban J connectivity index is 2.36. The van der Waals surface area contributed by atoms with Crippen LogP contribution >= 0.6 is 0 Å². The van der Waals surface area contributed by atoms with E-state index >= 15 is 0 Å². The third kappa shape index (κ3) is 6.93. The van der Waals surface area contributed by atoms with Gasteiger partial charge in [0.15, 0.2) is 0 Å². The fourth-order valence-electron chi connectivity index (χ4n) is 2.20. The number of aliphatic hydroxyl groups is 1. The number of hydrogen-bond acceptors (Lipinski definition) is 4. The molecule has 0 aliphatic rings. The first-order chi connectivity index (χ1) is 10.1. The molecule has 0 amide bonds. The fourth-order valence-corrected chi connectivity index (χ4v) is 2.20. The van der Waals surface area contributed by atoms with E-state index in [9.17, 15) is 5.11 Å². The van der Waals surface area contributed by atoms with Crippen molar-refractivity contribution in [2.45, 2.75) is 45.8 Å². The number of aliphatic hydroxyl groups excluding tert-OH is 1. The van der Waals surface area contributed by atoms with E-state index in [1.165, 1.54) is 0 Å². The maximum atomic E-state index is 10.0. The maximum Gasteiger partial charge on any atom is 0.122 e. The van der Waals surface area contributed by atoms with E-state index in [1.807, 2.05) is 26.0 Å². The molecule has 0 saturated carbocycles. The van der Waals surface area contributed by atoms with Crippen molar-refractivity contribution in [1.82, 2.24) is 5.32 Å². The van der Waals surface area contributed by atoms with Crippen LogP contribution in [0.15, 0.2) is 18.2 Å². The van der Waals surface area contributed by atoms with Crippen molar-refractivity contribution in [3.63, 3.8) is 0 Å². The Morgan fingerprint density at radius 1 is 1.24 bits per heavy atom. The van der Waals surface area contributed by atoms with Gasteiger partial charge in [-0.1, -0.05) is 25.5 Å². The second-order valence-corrected chi connectivity index (χ2v) is 5.58. The van der Waals surface area contributed by atoms with Gasteiger partial charge in [0, 0.05) is 19.7 Å². The first kappa shape index (κ1) is 18.0. The molecule has 1 aromatic rings. The van der Waals surface area contributed by atoms with Crippen LogP contribution < -0.4 is 10.1 Å². The van der Waals surface area contributed by atoms with Crippen molar-refractivity contribution in [1.29, 1.82) is 0 Å². The van der Waals surface area contributed by atoms with Gasteiger partial charge in [0.05, 0.1) is 6.61 Å². The minimum atomic E-state index is -0.527. The van der Waals surface area contributed by atoms with E-state index < -0.39 is 6.10 Å². The van der Waals surface area contributed by atoms with Crippen LogP contribution in [0, 0.1) is 13.8 Å². The lowest BCUT2D eigenvalue weighted by Gasteiger charge is -2.20. The molecule has 21 heavy (non-hydrogen) atoms. The lowest BCUT2D eigenvalue weighted by Crippen LogP contribution is -2.40. The van der Waals surface area contributed by atoms with Crippen LogP contribution in [0.2, 0.25) is 0 Å². The van der Waals surface area contributed by atoms with Crippen molar-refractivity contribution >= 4 is 0 Å². The van der Waals surface area contributed by atoms with Crippen molar-refractivity contribution in [3.05, 3.63) is 29.3 Å². The average molecular weight is 295 g/mol. The molecule has 0 aliphatic heterocycles. The van der Waals surface area contributed by atoms with Crippen LogP contribution in [0.1, 0.15) is 30.9 Å². The maximum absolute atomic E-state index is 10.0. The van der Waals surface area contributed by atoms with Crippen molar-refractivity contribution in [3.8, 4) is 5.75 Å². The molecule has 0 heterocycles. The van der Waals surface area contributed by atoms with Crippen molar-refractivity contribution in [2.75, 3.05) is 26.9 Å². The molecule has 4 nitrogen and oxygen atoms in total. The molecule has 0 spiro atoms. The molecule has 1 aromatic carbocycles. The van der Waals surface area contributed by atoms with Crippen LogP contribution in [0.3, 0.4) is 0 Å². The topological polar surface area (TPSA) is 50.7 Å². The highest BCUT2D eigenvalue weighted by Gasteiger charge is 2.11. The molecule has 0 fully saturated rings. The van der Waals surface area contributed by atoms with Gasteiger partial charge < -0.3 is 19.9 Å². The Labute approximate surface area is 128 Å². The SMILES string of the molecule is CCCC(COC)NCC(O)COc1cc(C)ccc1C. The van der Waals surface area contributed by atoms with Gasteiger partial charge in [-0.05, 0) is 37.5 Å². The van der Waals surface area contributed by atoms with Gasteiger partial charge in [-0.2, -0.15) is 0 Å². The Hall–Kier alpha value is -1.10. The highest BCUT2D eigenvalue weighted by atomic mass is 16.5. The van der Waals surface area contributed by atoms with Crippen LogP contribution in [0.5, 0.6) is 5.75 Å². The summed E-state index contributed by atoms with van der Waals surface area (Å²) in [6, 6.07) is 6.38. The normalized spacial score (nSPS) is 14.0. The quantitative estimate of drug-likeness (QED) is 0.696. The lowest BCUT2D eigenvalue weighted by molar-refractivity contribution is 0.0943. The van der Waals surface area contributed by atoms with Gasteiger partial charge in [-0.3, -0.25) is 0 Å². The Bertz CT molecular complexity index is 403. The van der Waals surface area contributed by atoms with Crippen LogP contribution in [0.4, 0.5) is 0 Å². The molecule has 0 saturated heterocycles. The zero-order valence-electron chi connectivity index (χ0n) is 13.7. The second kappa shape index (κ2) is 9.77. The average Bonchev–Trinajstić information content (AvgIpc) is 2.46. The number of methoxy groups -OCH3 is 1. The second-order valence-electron chi connectivity index (χ2n) is 5.58. The summed E-state index contributed by atoms with van der Waals surface area (Å²) in [4.78, 5) is 0. The first-order valence-corrected chi connectivity index (χ1v) is 7.67.